The SMILES string of the molecule is CC(C)(N)CN(CCc1c[nH]c2ccccc12)C(=O)Nc1ccccc1. The number of urea groups is 1. The third kappa shape index (κ3) is 4.64. The highest BCUT2D eigenvalue weighted by atomic mass is 16.2. The Labute approximate surface area is 154 Å². The van der Waals surface area contributed by atoms with Crippen molar-refractivity contribution >= 4 is 22.6 Å². The number of anilines is 1. The summed E-state index contributed by atoms with van der Waals surface area (Å²) in [7, 11) is 0. The molecule has 3 rings (SSSR count). The van der Waals surface area contributed by atoms with E-state index in [2.05, 4.69) is 22.4 Å². The summed E-state index contributed by atoms with van der Waals surface area (Å²) in [5.74, 6) is 0. The fourth-order valence-electron chi connectivity index (χ4n) is 3.06. The smallest absolute Gasteiger partial charge is 0.321 e. The molecule has 5 nitrogen and oxygen atoms in total. The number of hydrogen-bond donors (Lipinski definition) is 3. The monoisotopic (exact) mass is 350 g/mol. The first kappa shape index (κ1) is 18.0. The van der Waals surface area contributed by atoms with E-state index in [4.69, 9.17) is 5.73 Å². The number of nitrogens with two attached hydrogens (primary N) is 1. The zero-order valence-electron chi connectivity index (χ0n) is 15.3. The van der Waals surface area contributed by atoms with Crippen LogP contribution in [-0.2, 0) is 6.42 Å². The van der Waals surface area contributed by atoms with Gasteiger partial charge in [0.15, 0.2) is 0 Å². The lowest BCUT2D eigenvalue weighted by Crippen LogP contribution is -2.49. The number of nitrogens with zero attached hydrogens (tertiary/aromatic N) is 1. The predicted octanol–water partition coefficient (Wildman–Crippen LogP) is 3.98. The minimum absolute atomic E-state index is 0.130. The molecule has 1 heterocycles. The topological polar surface area (TPSA) is 74.1 Å². The van der Waals surface area contributed by atoms with Crippen molar-refractivity contribution in [3.63, 3.8) is 0 Å². The van der Waals surface area contributed by atoms with Crippen LogP contribution in [-0.4, -0.2) is 34.5 Å². The molecular formula is C21H26N4O. The van der Waals surface area contributed by atoms with Gasteiger partial charge in [0.25, 0.3) is 0 Å². The van der Waals surface area contributed by atoms with Crippen molar-refractivity contribution in [2.75, 3.05) is 18.4 Å². The summed E-state index contributed by atoms with van der Waals surface area (Å²) in [5, 5.41) is 4.15. The van der Waals surface area contributed by atoms with Gasteiger partial charge in [-0.2, -0.15) is 0 Å². The molecule has 0 unspecified atom stereocenters. The van der Waals surface area contributed by atoms with Gasteiger partial charge in [-0.1, -0.05) is 36.4 Å². The number of carbonyl (C=O) groups excluding carboxylic acids is 1. The summed E-state index contributed by atoms with van der Waals surface area (Å²) in [6.45, 7) is 4.94. The van der Waals surface area contributed by atoms with Gasteiger partial charge in [-0.25, -0.2) is 4.79 Å². The highest BCUT2D eigenvalue weighted by Gasteiger charge is 2.21. The van der Waals surface area contributed by atoms with Gasteiger partial charge in [0, 0.05) is 41.4 Å². The number of rotatable bonds is 6. The molecule has 136 valence electrons. The molecule has 0 saturated heterocycles. The average molecular weight is 350 g/mol. The third-order valence-corrected chi connectivity index (χ3v) is 4.24. The van der Waals surface area contributed by atoms with Gasteiger partial charge >= 0.3 is 6.03 Å². The molecule has 0 atom stereocenters. The molecule has 0 bridgehead atoms. The number of carbonyl (C=O) groups is 1. The highest BCUT2D eigenvalue weighted by molar-refractivity contribution is 5.89. The number of para-hydroxylation sites is 2. The number of nitrogens with one attached hydrogen (secondary N) is 2. The molecule has 0 spiro atoms. The molecule has 0 radical (unpaired) electrons. The van der Waals surface area contributed by atoms with Crippen LogP contribution in [0.3, 0.4) is 0 Å². The Kier molecular flexibility index (Phi) is 5.28. The molecule has 0 aliphatic rings. The first-order valence-electron chi connectivity index (χ1n) is 8.87. The second-order valence-corrected chi connectivity index (χ2v) is 7.32. The average Bonchev–Trinajstić information content (AvgIpc) is 3.02. The number of benzene rings is 2. The fraction of sp³-hybridized carbons (Fsp3) is 0.286. The quantitative estimate of drug-likeness (QED) is 0.629. The van der Waals surface area contributed by atoms with Gasteiger partial charge in [-0.3, -0.25) is 0 Å². The van der Waals surface area contributed by atoms with Crippen LogP contribution in [0.25, 0.3) is 10.9 Å². The van der Waals surface area contributed by atoms with E-state index in [0.29, 0.717) is 13.1 Å². The molecule has 5 heteroatoms. The number of hydrogen-bond acceptors (Lipinski definition) is 2. The van der Waals surface area contributed by atoms with Crippen molar-refractivity contribution in [2.24, 2.45) is 5.73 Å². The van der Waals surface area contributed by atoms with Crippen LogP contribution in [0.4, 0.5) is 10.5 Å². The van der Waals surface area contributed by atoms with Crippen LogP contribution in [0.15, 0.2) is 60.8 Å². The first-order chi connectivity index (χ1) is 12.4. The zero-order chi connectivity index (χ0) is 18.6. The Bertz CT molecular complexity index is 864. The molecule has 3 aromatic rings. The summed E-state index contributed by atoms with van der Waals surface area (Å²) in [4.78, 5) is 17.8. The lowest BCUT2D eigenvalue weighted by atomic mass is 10.1. The zero-order valence-corrected chi connectivity index (χ0v) is 15.3. The maximum atomic E-state index is 12.8. The van der Waals surface area contributed by atoms with E-state index in [0.717, 1.165) is 17.6 Å². The summed E-state index contributed by atoms with van der Waals surface area (Å²) in [5.41, 5.74) is 8.81. The Balaban J connectivity index is 1.72. The van der Waals surface area contributed by atoms with E-state index in [1.807, 2.05) is 62.5 Å². The molecule has 4 N–H and O–H groups in total. The molecule has 2 aromatic carbocycles. The molecule has 0 fully saturated rings. The summed E-state index contributed by atoms with van der Waals surface area (Å²) in [6.07, 6.45) is 2.79. The number of amides is 2. The fourth-order valence-corrected chi connectivity index (χ4v) is 3.06. The summed E-state index contributed by atoms with van der Waals surface area (Å²) < 4.78 is 0. The van der Waals surface area contributed by atoms with Crippen LogP contribution >= 0.6 is 0 Å². The van der Waals surface area contributed by atoms with Crippen LogP contribution in [0.1, 0.15) is 19.4 Å². The van der Waals surface area contributed by atoms with Gasteiger partial charge in [0.05, 0.1) is 0 Å². The largest absolute Gasteiger partial charge is 0.361 e. The van der Waals surface area contributed by atoms with Crippen molar-refractivity contribution in [1.82, 2.24) is 9.88 Å². The van der Waals surface area contributed by atoms with E-state index in [1.165, 1.54) is 10.9 Å². The van der Waals surface area contributed by atoms with Crippen LogP contribution in [0.5, 0.6) is 0 Å². The molecular weight excluding hydrogens is 324 g/mol. The van der Waals surface area contributed by atoms with E-state index in [1.54, 1.807) is 4.90 Å². The maximum Gasteiger partial charge on any atom is 0.321 e. The summed E-state index contributed by atoms with van der Waals surface area (Å²) in [6, 6.07) is 17.6. The number of fused-ring (bicyclic) bond motifs is 1. The van der Waals surface area contributed by atoms with Crippen molar-refractivity contribution in [3.8, 4) is 0 Å². The van der Waals surface area contributed by atoms with Gasteiger partial charge in [-0.05, 0) is 44.0 Å². The third-order valence-electron chi connectivity index (χ3n) is 4.24. The van der Waals surface area contributed by atoms with Crippen molar-refractivity contribution < 1.29 is 4.79 Å². The van der Waals surface area contributed by atoms with Crippen LogP contribution < -0.4 is 11.1 Å². The highest BCUT2D eigenvalue weighted by Crippen LogP contribution is 2.19. The Hall–Kier alpha value is -2.79. The van der Waals surface area contributed by atoms with E-state index in [9.17, 15) is 4.79 Å². The van der Waals surface area contributed by atoms with E-state index < -0.39 is 5.54 Å². The number of aromatic nitrogens is 1. The molecule has 1 aromatic heterocycles. The van der Waals surface area contributed by atoms with Gasteiger partial charge < -0.3 is 20.9 Å². The number of H-pyrrole nitrogens is 1. The van der Waals surface area contributed by atoms with Crippen molar-refractivity contribution in [2.45, 2.75) is 25.8 Å². The normalized spacial score (nSPS) is 11.5. The van der Waals surface area contributed by atoms with Crippen LogP contribution in [0, 0.1) is 0 Å². The molecule has 26 heavy (non-hydrogen) atoms. The van der Waals surface area contributed by atoms with Crippen LogP contribution in [0.2, 0.25) is 0 Å². The van der Waals surface area contributed by atoms with Gasteiger partial charge in [0.1, 0.15) is 0 Å². The number of aromatic amines is 1. The second-order valence-electron chi connectivity index (χ2n) is 7.32. The van der Waals surface area contributed by atoms with Gasteiger partial charge in [0.2, 0.25) is 0 Å². The van der Waals surface area contributed by atoms with Crippen molar-refractivity contribution in [1.29, 1.82) is 0 Å². The Morgan fingerprint density at radius 3 is 2.54 bits per heavy atom. The maximum absolute atomic E-state index is 12.8. The first-order valence-corrected chi connectivity index (χ1v) is 8.87. The Morgan fingerprint density at radius 1 is 1.12 bits per heavy atom. The predicted molar refractivity (Wildman–Crippen MR) is 107 cm³/mol. The molecule has 0 aliphatic heterocycles. The standard InChI is InChI=1S/C21H26N4O/c1-21(2,22)15-25(20(26)24-17-8-4-3-5-9-17)13-12-16-14-23-19-11-7-6-10-18(16)19/h3-11,14,23H,12-13,15,22H2,1-2H3,(H,24,26). The van der Waals surface area contributed by atoms with Gasteiger partial charge in [-0.15, -0.1) is 0 Å². The lowest BCUT2D eigenvalue weighted by Gasteiger charge is -2.30. The lowest BCUT2D eigenvalue weighted by molar-refractivity contribution is 0.200. The molecule has 2 amide bonds. The Morgan fingerprint density at radius 2 is 1.81 bits per heavy atom. The summed E-state index contributed by atoms with van der Waals surface area (Å²) >= 11 is 0. The molecule has 0 saturated carbocycles. The minimum atomic E-state index is -0.464. The van der Waals surface area contributed by atoms with E-state index in [-0.39, 0.29) is 6.03 Å². The van der Waals surface area contributed by atoms with E-state index >= 15 is 0 Å². The second kappa shape index (κ2) is 7.62. The molecule has 0 aliphatic carbocycles. The van der Waals surface area contributed by atoms with Crippen molar-refractivity contribution in [3.05, 3.63) is 66.4 Å². The minimum Gasteiger partial charge on any atom is -0.361 e.